The van der Waals surface area contributed by atoms with Crippen LogP contribution in [-0.2, 0) is 66.3 Å². The monoisotopic (exact) mass is 917 g/mol. The van der Waals surface area contributed by atoms with E-state index >= 15 is 0 Å². The molecule has 0 aliphatic heterocycles. The first-order valence-corrected chi connectivity index (χ1v) is 22.1. The van der Waals surface area contributed by atoms with Gasteiger partial charge in [-0.15, -0.1) is 0 Å². The van der Waals surface area contributed by atoms with E-state index in [9.17, 15) is 4.79 Å². The number of nitrogens with one attached hydrogen (secondary N) is 1. The molecular formula is C43H68BrNO15. The van der Waals surface area contributed by atoms with Gasteiger partial charge in [0, 0.05) is 17.8 Å². The van der Waals surface area contributed by atoms with Crippen molar-refractivity contribution in [2.24, 2.45) is 0 Å². The van der Waals surface area contributed by atoms with E-state index in [1.54, 1.807) is 0 Å². The number of carbonyl (C=O) groups excluding carboxylic acids is 1. The first-order chi connectivity index (χ1) is 29.8. The van der Waals surface area contributed by atoms with Crippen molar-refractivity contribution >= 4 is 22.0 Å². The normalized spacial score (nSPS) is 12.2. The van der Waals surface area contributed by atoms with Gasteiger partial charge in [-0.25, -0.2) is 4.79 Å². The number of rotatable bonds is 43. The van der Waals surface area contributed by atoms with Crippen LogP contribution in [0.25, 0.3) is 11.1 Å². The van der Waals surface area contributed by atoms with Crippen LogP contribution in [0.1, 0.15) is 17.0 Å². The van der Waals surface area contributed by atoms with Gasteiger partial charge in [-0.1, -0.05) is 64.5 Å². The second kappa shape index (κ2) is 38.4. The van der Waals surface area contributed by atoms with Gasteiger partial charge in [0.2, 0.25) is 0 Å². The lowest BCUT2D eigenvalue weighted by Crippen LogP contribution is -2.29. The number of alkyl carbamates (subject to hydrolysis) is 1. The van der Waals surface area contributed by atoms with Crippen LogP contribution in [0.15, 0.2) is 48.5 Å². The van der Waals surface area contributed by atoms with Gasteiger partial charge < -0.3 is 71.6 Å². The lowest BCUT2D eigenvalue weighted by Gasteiger charge is -2.14. The molecule has 17 heteroatoms. The second-order valence-electron chi connectivity index (χ2n) is 12.9. The number of hydrogen-bond acceptors (Lipinski definition) is 15. The predicted octanol–water partition coefficient (Wildman–Crippen LogP) is 4.14. The summed E-state index contributed by atoms with van der Waals surface area (Å²) in [5.74, 6) is 0.0344. The molecule has 0 heterocycles. The Balaban J connectivity index is 0.919. The zero-order chi connectivity index (χ0) is 42.2. The predicted molar refractivity (Wildman–Crippen MR) is 228 cm³/mol. The third-order valence-corrected chi connectivity index (χ3v) is 8.87. The SMILES string of the molecule is O=C(NCCOCCOCCOCCOCCOCCOCCOCCOCCOCCOCCOCCOCCOCCBr)OCC1c2ccccc2-c2ccccc21. The van der Waals surface area contributed by atoms with Crippen LogP contribution in [0.4, 0.5) is 4.79 Å². The van der Waals surface area contributed by atoms with E-state index in [1.807, 2.05) is 24.3 Å². The first kappa shape index (κ1) is 52.0. The van der Waals surface area contributed by atoms with Crippen LogP contribution in [0.5, 0.6) is 0 Å². The maximum atomic E-state index is 12.3. The summed E-state index contributed by atoms with van der Waals surface area (Å²) < 4.78 is 76.7. The van der Waals surface area contributed by atoms with Crippen LogP contribution in [0.2, 0.25) is 0 Å². The topological polar surface area (TPSA) is 158 Å². The number of halogens is 1. The highest BCUT2D eigenvalue weighted by Gasteiger charge is 2.29. The molecule has 1 aliphatic carbocycles. The van der Waals surface area contributed by atoms with Crippen molar-refractivity contribution in [3.63, 3.8) is 0 Å². The quantitative estimate of drug-likeness (QED) is 0.0748. The third-order valence-electron chi connectivity index (χ3n) is 8.55. The van der Waals surface area contributed by atoms with Crippen LogP contribution in [0, 0.1) is 0 Å². The fourth-order valence-corrected chi connectivity index (χ4v) is 5.90. The van der Waals surface area contributed by atoms with E-state index in [1.165, 1.54) is 22.3 Å². The molecule has 0 spiro atoms. The summed E-state index contributed by atoms with van der Waals surface area (Å²) in [5.41, 5.74) is 4.77. The highest BCUT2D eigenvalue weighted by molar-refractivity contribution is 9.09. The Hall–Kier alpha value is -2.33. The molecule has 0 saturated carbocycles. The number of hydrogen-bond donors (Lipinski definition) is 1. The minimum absolute atomic E-state index is 0.0344. The molecule has 3 rings (SSSR count). The van der Waals surface area contributed by atoms with Crippen molar-refractivity contribution in [1.29, 1.82) is 0 Å². The molecule has 0 fully saturated rings. The van der Waals surface area contributed by atoms with E-state index in [2.05, 4.69) is 45.5 Å². The molecule has 0 saturated heterocycles. The molecule has 1 amide bonds. The molecule has 60 heavy (non-hydrogen) atoms. The van der Waals surface area contributed by atoms with Crippen molar-refractivity contribution in [2.75, 3.05) is 190 Å². The van der Waals surface area contributed by atoms with Gasteiger partial charge in [-0.05, 0) is 22.3 Å². The van der Waals surface area contributed by atoms with Gasteiger partial charge in [-0.2, -0.15) is 0 Å². The highest BCUT2D eigenvalue weighted by Crippen LogP contribution is 2.44. The Bertz CT molecular complexity index is 1250. The van der Waals surface area contributed by atoms with E-state index < -0.39 is 6.09 Å². The summed E-state index contributed by atoms with van der Waals surface area (Å²) in [6.07, 6.45) is -0.454. The van der Waals surface area contributed by atoms with Gasteiger partial charge in [0.25, 0.3) is 0 Å². The van der Waals surface area contributed by atoms with Gasteiger partial charge >= 0.3 is 6.09 Å². The van der Waals surface area contributed by atoms with Crippen molar-refractivity contribution < 1.29 is 71.1 Å². The van der Waals surface area contributed by atoms with Crippen LogP contribution in [-0.4, -0.2) is 196 Å². The Kier molecular flexibility index (Phi) is 33.3. The largest absolute Gasteiger partial charge is 0.449 e. The zero-order valence-corrected chi connectivity index (χ0v) is 36.8. The van der Waals surface area contributed by atoms with Crippen LogP contribution < -0.4 is 5.32 Å². The molecule has 16 nitrogen and oxygen atoms in total. The lowest BCUT2D eigenvalue weighted by molar-refractivity contribution is -0.0289. The first-order valence-electron chi connectivity index (χ1n) is 21.0. The Morgan fingerprint density at radius 1 is 0.400 bits per heavy atom. The standard InChI is InChI=1S/C43H68BrNO15/c44-9-11-47-13-15-49-17-19-51-21-23-53-25-27-55-29-31-57-33-35-59-36-34-58-32-30-56-28-26-54-24-22-52-20-18-50-16-14-48-12-10-45-43(46)60-37-42-40-7-3-1-5-38(40)39-6-2-4-8-41(39)42/h1-8,42H,9-37H2,(H,45,46). The molecule has 0 bridgehead atoms. The third kappa shape index (κ3) is 26.2. The highest BCUT2D eigenvalue weighted by atomic mass is 79.9. The van der Waals surface area contributed by atoms with Crippen LogP contribution in [0.3, 0.4) is 0 Å². The van der Waals surface area contributed by atoms with Crippen molar-refractivity contribution in [3.05, 3.63) is 59.7 Å². The number of ether oxygens (including phenoxy) is 14. The van der Waals surface area contributed by atoms with Gasteiger partial charge in [0.1, 0.15) is 6.61 Å². The molecule has 0 radical (unpaired) electrons. The van der Waals surface area contributed by atoms with Crippen molar-refractivity contribution in [3.8, 4) is 11.1 Å². The Morgan fingerprint density at radius 3 is 0.967 bits per heavy atom. The van der Waals surface area contributed by atoms with Crippen molar-refractivity contribution in [2.45, 2.75) is 5.92 Å². The van der Waals surface area contributed by atoms with Crippen LogP contribution >= 0.6 is 15.9 Å². The average molecular weight is 919 g/mol. The zero-order valence-electron chi connectivity index (χ0n) is 35.2. The Labute approximate surface area is 364 Å². The summed E-state index contributed by atoms with van der Waals surface area (Å²) in [7, 11) is 0. The minimum atomic E-state index is -0.454. The molecule has 1 N–H and O–H groups in total. The lowest BCUT2D eigenvalue weighted by atomic mass is 9.98. The van der Waals surface area contributed by atoms with E-state index in [4.69, 9.17) is 66.3 Å². The maximum absolute atomic E-state index is 12.3. The molecule has 2 aromatic rings. The summed E-state index contributed by atoms with van der Waals surface area (Å²) in [5, 5.41) is 3.58. The number of benzene rings is 2. The summed E-state index contributed by atoms with van der Waals surface area (Å²) >= 11 is 3.30. The summed E-state index contributed by atoms with van der Waals surface area (Å²) in [6, 6.07) is 16.5. The molecule has 0 aromatic heterocycles. The van der Waals surface area contributed by atoms with E-state index in [0.717, 1.165) is 5.33 Å². The minimum Gasteiger partial charge on any atom is -0.449 e. The smallest absolute Gasteiger partial charge is 0.407 e. The van der Waals surface area contributed by atoms with E-state index in [-0.39, 0.29) is 12.5 Å². The van der Waals surface area contributed by atoms with E-state index in [0.29, 0.717) is 178 Å². The maximum Gasteiger partial charge on any atom is 0.407 e. The molecule has 342 valence electrons. The second-order valence-corrected chi connectivity index (χ2v) is 13.7. The fraction of sp³-hybridized carbons (Fsp3) is 0.698. The molecule has 0 unspecified atom stereocenters. The molecule has 1 aliphatic rings. The fourth-order valence-electron chi connectivity index (χ4n) is 5.67. The van der Waals surface area contributed by atoms with Crippen molar-refractivity contribution in [1.82, 2.24) is 5.32 Å². The summed E-state index contributed by atoms with van der Waals surface area (Å²) in [4.78, 5) is 12.3. The number of alkyl halides is 1. The van der Waals surface area contributed by atoms with Gasteiger partial charge in [0.05, 0.1) is 172 Å². The average Bonchev–Trinajstić information content (AvgIpc) is 3.59. The number of fused-ring (bicyclic) bond motifs is 3. The molecular weight excluding hydrogens is 850 g/mol. The number of carbonyl (C=O) groups is 1. The van der Waals surface area contributed by atoms with Gasteiger partial charge in [0.15, 0.2) is 0 Å². The summed E-state index contributed by atoms with van der Waals surface area (Å²) in [6.45, 7) is 13.7. The molecule has 0 atom stereocenters. The molecule has 2 aromatic carbocycles. The number of amides is 1. The van der Waals surface area contributed by atoms with Gasteiger partial charge in [-0.3, -0.25) is 0 Å². The Morgan fingerprint density at radius 2 is 0.667 bits per heavy atom.